The first kappa shape index (κ1) is 20.6. The number of rotatable bonds is 4. The number of ketones is 1. The van der Waals surface area contributed by atoms with Gasteiger partial charge in [-0.1, -0.05) is 48.5 Å². The maximum Gasteiger partial charge on any atom is 0.460 e. The fourth-order valence-electron chi connectivity index (χ4n) is 2.86. The number of nitrogen functional groups attached to an aromatic ring is 1. The van der Waals surface area contributed by atoms with E-state index in [2.05, 4.69) is 4.98 Å². The number of pyridine rings is 1. The molecule has 0 aliphatic carbocycles. The van der Waals surface area contributed by atoms with Crippen LogP contribution in [0.1, 0.15) is 21.5 Å². The molecule has 2 aromatic carbocycles. The van der Waals surface area contributed by atoms with Crippen LogP contribution >= 0.6 is 0 Å². The van der Waals surface area contributed by atoms with E-state index < -0.39 is 46.1 Å². The van der Waals surface area contributed by atoms with Crippen LogP contribution in [-0.2, 0) is 5.92 Å². The Bertz CT molecular complexity index is 1080. The molecule has 0 bridgehead atoms. The maximum atomic E-state index is 14.8. The van der Waals surface area contributed by atoms with Crippen molar-refractivity contribution in [2.45, 2.75) is 18.0 Å². The lowest BCUT2D eigenvalue weighted by atomic mass is 9.89. The predicted molar refractivity (Wildman–Crippen MR) is 90.9 cm³/mol. The van der Waals surface area contributed by atoms with Crippen molar-refractivity contribution in [2.24, 2.45) is 0 Å². The topological polar surface area (TPSA) is 56.0 Å². The van der Waals surface area contributed by atoms with Crippen LogP contribution in [0, 0.1) is 0 Å². The molecule has 0 saturated heterocycles. The normalized spacial score (nSPS) is 12.9. The van der Waals surface area contributed by atoms with Gasteiger partial charge in [0.1, 0.15) is 5.82 Å². The smallest absolute Gasteiger partial charge is 0.383 e. The summed E-state index contributed by atoms with van der Waals surface area (Å²) in [4.78, 5) is 16.5. The Kier molecular flexibility index (Phi) is 4.76. The monoisotopic (exact) mass is 416 g/mol. The van der Waals surface area contributed by atoms with E-state index in [1.54, 1.807) is 0 Å². The third-order valence-corrected chi connectivity index (χ3v) is 4.25. The molecule has 10 heteroatoms. The van der Waals surface area contributed by atoms with Crippen molar-refractivity contribution >= 4 is 22.5 Å². The summed E-state index contributed by atoms with van der Waals surface area (Å²) in [6.45, 7) is 0. The van der Waals surface area contributed by atoms with Crippen molar-refractivity contribution < 1.29 is 35.5 Å². The first-order valence-corrected chi connectivity index (χ1v) is 8.00. The minimum atomic E-state index is -6.58. The zero-order valence-corrected chi connectivity index (χ0v) is 14.3. The van der Waals surface area contributed by atoms with Crippen LogP contribution in [0.4, 0.5) is 36.6 Å². The van der Waals surface area contributed by atoms with E-state index in [1.807, 2.05) is 0 Å². The summed E-state index contributed by atoms with van der Waals surface area (Å²) < 4.78 is 95.7. The third kappa shape index (κ3) is 3.18. The second-order valence-corrected chi connectivity index (χ2v) is 6.11. The van der Waals surface area contributed by atoms with E-state index in [0.29, 0.717) is 0 Å². The van der Waals surface area contributed by atoms with E-state index in [0.717, 1.165) is 18.2 Å². The molecule has 1 aromatic heterocycles. The molecular formula is C19H11F7N2O. The van der Waals surface area contributed by atoms with Crippen LogP contribution in [0.3, 0.4) is 0 Å². The number of aromatic nitrogens is 1. The molecule has 0 fully saturated rings. The molecule has 0 aliphatic heterocycles. The van der Waals surface area contributed by atoms with Gasteiger partial charge in [-0.15, -0.1) is 0 Å². The molecular weight excluding hydrogens is 405 g/mol. The minimum absolute atomic E-state index is 0.233. The molecule has 3 rings (SSSR count). The molecule has 0 spiro atoms. The molecule has 3 aromatic rings. The highest BCUT2D eigenvalue weighted by Crippen LogP contribution is 2.54. The summed E-state index contributed by atoms with van der Waals surface area (Å²) in [7, 11) is 0. The number of fused-ring (bicyclic) bond motifs is 1. The Morgan fingerprint density at radius 3 is 1.97 bits per heavy atom. The Balaban J connectivity index is 2.42. The summed E-state index contributed by atoms with van der Waals surface area (Å²) in [5, 5.41) is -0.741. The van der Waals surface area contributed by atoms with Gasteiger partial charge < -0.3 is 5.73 Å². The van der Waals surface area contributed by atoms with Gasteiger partial charge in [0.25, 0.3) is 0 Å². The Hall–Kier alpha value is -3.17. The molecule has 0 atom stereocenters. The van der Waals surface area contributed by atoms with Gasteiger partial charge in [0.15, 0.2) is 5.78 Å². The Morgan fingerprint density at radius 1 is 0.828 bits per heavy atom. The second-order valence-electron chi connectivity index (χ2n) is 6.11. The lowest BCUT2D eigenvalue weighted by molar-refractivity contribution is -0.359. The largest absolute Gasteiger partial charge is 0.460 e. The maximum absolute atomic E-state index is 14.8. The lowest BCUT2D eigenvalue weighted by Gasteiger charge is -2.30. The molecule has 0 aliphatic rings. The predicted octanol–water partition coefficient (Wildman–Crippen LogP) is 5.34. The summed E-state index contributed by atoms with van der Waals surface area (Å²) in [5.41, 5.74) is 1.96. The molecule has 0 amide bonds. The van der Waals surface area contributed by atoms with Gasteiger partial charge in [-0.25, -0.2) is 4.98 Å². The highest BCUT2D eigenvalue weighted by atomic mass is 19.4. The fourth-order valence-corrected chi connectivity index (χ4v) is 2.86. The molecule has 1 heterocycles. The Morgan fingerprint density at radius 2 is 1.38 bits per heavy atom. The van der Waals surface area contributed by atoms with Crippen LogP contribution in [0.5, 0.6) is 0 Å². The minimum Gasteiger partial charge on any atom is -0.383 e. The Labute approximate surface area is 159 Å². The van der Waals surface area contributed by atoms with Gasteiger partial charge in [0.2, 0.25) is 0 Å². The first-order valence-electron chi connectivity index (χ1n) is 8.00. The van der Waals surface area contributed by atoms with Crippen LogP contribution in [0.2, 0.25) is 0 Å². The standard InChI is InChI=1S/C19H11F7N2O/c20-17(21,18(22,23)19(24,25)26)14-11-8-4-5-9-12(11)28-16(27)13(14)15(29)10-6-2-1-3-7-10/h1-9H,(H2,27,28). The van der Waals surface area contributed by atoms with Gasteiger partial charge in [0.05, 0.1) is 16.6 Å². The summed E-state index contributed by atoms with van der Waals surface area (Å²) in [6, 6.07) is 11.0. The van der Waals surface area contributed by atoms with Crippen LogP contribution in [-0.4, -0.2) is 22.9 Å². The molecule has 3 nitrogen and oxygen atoms in total. The SMILES string of the molecule is Nc1nc2ccccc2c(C(F)(F)C(F)(F)C(F)(F)F)c1C(=O)c1ccccc1. The quantitative estimate of drug-likeness (QED) is 0.462. The first-order chi connectivity index (χ1) is 13.4. The van der Waals surface area contributed by atoms with Crippen molar-refractivity contribution in [1.82, 2.24) is 4.98 Å². The van der Waals surface area contributed by atoms with Gasteiger partial charge in [-0.3, -0.25) is 4.79 Å². The van der Waals surface area contributed by atoms with Crippen LogP contribution in [0.25, 0.3) is 10.9 Å². The molecule has 0 saturated carbocycles. The van der Waals surface area contributed by atoms with Gasteiger partial charge in [-0.05, 0) is 6.07 Å². The summed E-state index contributed by atoms with van der Waals surface area (Å²) in [5.74, 6) is -14.4. The second kappa shape index (κ2) is 6.71. The average molecular weight is 416 g/mol. The molecule has 29 heavy (non-hydrogen) atoms. The molecule has 2 N–H and O–H groups in total. The number of para-hydroxylation sites is 1. The van der Waals surface area contributed by atoms with Crippen LogP contribution in [0.15, 0.2) is 54.6 Å². The summed E-state index contributed by atoms with van der Waals surface area (Å²) in [6.07, 6.45) is -6.58. The number of nitrogens with zero attached hydrogens (tertiary/aromatic N) is 1. The van der Waals surface area contributed by atoms with Gasteiger partial charge in [-0.2, -0.15) is 30.7 Å². The zero-order chi connectivity index (χ0) is 21.6. The number of carbonyl (C=O) groups is 1. The number of nitrogens with two attached hydrogens (primary N) is 1. The van der Waals surface area contributed by atoms with Crippen molar-refractivity contribution in [1.29, 1.82) is 0 Å². The van der Waals surface area contributed by atoms with E-state index >= 15 is 0 Å². The third-order valence-electron chi connectivity index (χ3n) is 4.25. The van der Waals surface area contributed by atoms with E-state index in [1.165, 1.54) is 36.4 Å². The number of hydrogen-bond donors (Lipinski definition) is 1. The molecule has 0 radical (unpaired) electrons. The fraction of sp³-hybridized carbons (Fsp3) is 0.158. The number of halogens is 7. The lowest BCUT2D eigenvalue weighted by Crippen LogP contribution is -2.50. The van der Waals surface area contributed by atoms with Crippen molar-refractivity contribution in [3.63, 3.8) is 0 Å². The van der Waals surface area contributed by atoms with Crippen LogP contribution < -0.4 is 5.73 Å². The van der Waals surface area contributed by atoms with E-state index in [9.17, 15) is 35.5 Å². The highest BCUT2D eigenvalue weighted by molar-refractivity contribution is 6.15. The number of hydrogen-bond acceptors (Lipinski definition) is 3. The number of alkyl halides is 7. The number of anilines is 1. The average Bonchev–Trinajstić information content (AvgIpc) is 2.66. The zero-order valence-electron chi connectivity index (χ0n) is 14.3. The van der Waals surface area contributed by atoms with E-state index in [4.69, 9.17) is 5.73 Å². The van der Waals surface area contributed by atoms with E-state index in [-0.39, 0.29) is 11.1 Å². The van der Waals surface area contributed by atoms with Crippen molar-refractivity contribution in [2.75, 3.05) is 5.73 Å². The number of carbonyl (C=O) groups excluding carboxylic acids is 1. The number of benzene rings is 2. The van der Waals surface area contributed by atoms with Gasteiger partial charge >= 0.3 is 18.0 Å². The van der Waals surface area contributed by atoms with Crippen molar-refractivity contribution in [3.05, 3.63) is 71.3 Å². The molecule has 152 valence electrons. The van der Waals surface area contributed by atoms with Gasteiger partial charge in [0, 0.05) is 10.9 Å². The van der Waals surface area contributed by atoms with Crippen molar-refractivity contribution in [3.8, 4) is 0 Å². The summed E-state index contributed by atoms with van der Waals surface area (Å²) >= 11 is 0. The molecule has 0 unspecified atom stereocenters. The highest BCUT2D eigenvalue weighted by Gasteiger charge is 2.74.